The van der Waals surface area contributed by atoms with Crippen LogP contribution in [0.5, 0.6) is 0 Å². The molecule has 0 spiro atoms. The molecule has 0 bridgehead atoms. The fourth-order valence-electron chi connectivity index (χ4n) is 7.26. The molecule has 0 aliphatic carbocycles. The summed E-state index contributed by atoms with van der Waals surface area (Å²) in [5.41, 5.74) is 16.1. The summed E-state index contributed by atoms with van der Waals surface area (Å²) in [6.45, 7) is 0.0933. The maximum absolute atomic E-state index is 2.46. The van der Waals surface area contributed by atoms with Crippen LogP contribution in [0.25, 0.3) is 22.3 Å². The Labute approximate surface area is 264 Å². The highest BCUT2D eigenvalue weighted by atomic mass is 15.2. The smallest absolute Gasteiger partial charge is 0.252 e. The van der Waals surface area contributed by atoms with Crippen LogP contribution < -0.4 is 26.2 Å². The van der Waals surface area contributed by atoms with E-state index < -0.39 is 0 Å². The third-order valence-electron chi connectivity index (χ3n) is 9.24. The van der Waals surface area contributed by atoms with Gasteiger partial charge < -0.3 is 9.80 Å². The minimum Gasteiger partial charge on any atom is -0.311 e. The summed E-state index contributed by atoms with van der Waals surface area (Å²) >= 11 is 0. The van der Waals surface area contributed by atoms with Gasteiger partial charge in [0.05, 0.1) is 0 Å². The zero-order valence-corrected chi connectivity index (χ0v) is 24.7. The van der Waals surface area contributed by atoms with Crippen LogP contribution in [-0.4, -0.2) is 6.71 Å². The van der Waals surface area contributed by atoms with E-state index in [4.69, 9.17) is 0 Å². The average Bonchev–Trinajstić information content (AvgIpc) is 3.12. The Bertz CT molecular complexity index is 2010. The first-order chi connectivity index (χ1) is 22.3. The third-order valence-corrected chi connectivity index (χ3v) is 9.24. The number of hydrogen-bond acceptors (Lipinski definition) is 2. The van der Waals surface area contributed by atoms with Crippen molar-refractivity contribution < 1.29 is 0 Å². The summed E-state index contributed by atoms with van der Waals surface area (Å²) in [5, 5.41) is 0. The lowest BCUT2D eigenvalue weighted by Crippen LogP contribution is -2.61. The van der Waals surface area contributed by atoms with Crippen LogP contribution in [0.2, 0.25) is 0 Å². The Morgan fingerprint density at radius 2 is 0.711 bits per heavy atom. The first kappa shape index (κ1) is 25.7. The topological polar surface area (TPSA) is 6.48 Å². The zero-order chi connectivity index (χ0) is 29.7. The molecule has 7 aromatic carbocycles. The quantitative estimate of drug-likeness (QED) is 0.194. The Kier molecular flexibility index (Phi) is 5.95. The molecule has 0 aromatic heterocycles. The molecule has 7 aromatic rings. The summed E-state index contributed by atoms with van der Waals surface area (Å²) in [5.74, 6) is 0. The van der Waals surface area contributed by atoms with Gasteiger partial charge in [0.25, 0.3) is 6.71 Å². The van der Waals surface area contributed by atoms with Crippen molar-refractivity contribution >= 4 is 57.2 Å². The van der Waals surface area contributed by atoms with Gasteiger partial charge in [-0.05, 0) is 87.2 Å². The van der Waals surface area contributed by atoms with E-state index in [2.05, 4.69) is 186 Å². The molecule has 0 fully saturated rings. The highest BCUT2D eigenvalue weighted by Gasteiger charge is 2.43. The SMILES string of the molecule is c1ccc(-c2ccc3c(c2)N(c2ccccc2)c2cccc4c2B3c2ccc(-c3ccccc3)cc2N4c2ccccc2)cc1. The van der Waals surface area contributed by atoms with Gasteiger partial charge in [-0.25, -0.2) is 0 Å². The van der Waals surface area contributed by atoms with Gasteiger partial charge in [-0.1, -0.05) is 127 Å². The highest BCUT2D eigenvalue weighted by molar-refractivity contribution is 7.00. The van der Waals surface area contributed by atoms with Gasteiger partial charge in [0.2, 0.25) is 0 Å². The number of anilines is 6. The van der Waals surface area contributed by atoms with E-state index in [0.717, 1.165) is 11.4 Å². The van der Waals surface area contributed by atoms with Crippen molar-refractivity contribution in [3.05, 3.63) is 176 Å². The largest absolute Gasteiger partial charge is 0.311 e. The fraction of sp³-hybridized carbons (Fsp3) is 0. The van der Waals surface area contributed by atoms with Crippen LogP contribution in [-0.2, 0) is 0 Å². The summed E-state index contributed by atoms with van der Waals surface area (Å²) < 4.78 is 0. The van der Waals surface area contributed by atoms with Crippen molar-refractivity contribution in [3.8, 4) is 22.3 Å². The summed E-state index contributed by atoms with van der Waals surface area (Å²) in [7, 11) is 0. The maximum atomic E-state index is 2.46. The van der Waals surface area contributed by atoms with Crippen molar-refractivity contribution in [2.24, 2.45) is 0 Å². The van der Waals surface area contributed by atoms with Crippen LogP contribution in [0.3, 0.4) is 0 Å². The molecule has 0 saturated heterocycles. The monoisotopic (exact) mass is 572 g/mol. The lowest BCUT2D eigenvalue weighted by atomic mass is 9.33. The molecule has 0 radical (unpaired) electrons. The van der Waals surface area contributed by atoms with E-state index in [9.17, 15) is 0 Å². The average molecular weight is 573 g/mol. The van der Waals surface area contributed by atoms with Crippen LogP contribution >= 0.6 is 0 Å². The normalized spacial score (nSPS) is 12.8. The lowest BCUT2D eigenvalue weighted by Gasteiger charge is -2.44. The minimum absolute atomic E-state index is 0.0933. The Morgan fingerprint density at radius 3 is 1.13 bits per heavy atom. The van der Waals surface area contributed by atoms with Crippen molar-refractivity contribution in [1.29, 1.82) is 0 Å². The number of hydrogen-bond donors (Lipinski definition) is 0. The van der Waals surface area contributed by atoms with Gasteiger partial charge in [-0.3, -0.25) is 0 Å². The number of benzene rings is 7. The van der Waals surface area contributed by atoms with E-state index in [1.807, 2.05) is 0 Å². The summed E-state index contributed by atoms with van der Waals surface area (Å²) in [6.07, 6.45) is 0. The molecule has 2 aliphatic heterocycles. The van der Waals surface area contributed by atoms with Gasteiger partial charge in [0, 0.05) is 34.1 Å². The molecular weight excluding hydrogens is 543 g/mol. The molecule has 0 atom stereocenters. The van der Waals surface area contributed by atoms with E-state index in [1.165, 1.54) is 61.4 Å². The second-order valence-corrected chi connectivity index (χ2v) is 11.8. The Morgan fingerprint density at radius 1 is 0.311 bits per heavy atom. The van der Waals surface area contributed by atoms with Gasteiger partial charge >= 0.3 is 0 Å². The van der Waals surface area contributed by atoms with Gasteiger partial charge in [0.1, 0.15) is 0 Å². The number of fused-ring (bicyclic) bond motifs is 4. The molecule has 2 heterocycles. The number of para-hydroxylation sites is 2. The lowest BCUT2D eigenvalue weighted by molar-refractivity contribution is 1.25. The van der Waals surface area contributed by atoms with Crippen LogP contribution in [0.15, 0.2) is 176 Å². The standard InChI is InChI=1S/C42H29BN2/c1-5-14-30(15-6-1)32-24-26-36-40(28-32)44(34-18-9-3-10-19-34)38-22-13-23-39-42(38)43(36)37-27-25-33(31-16-7-2-8-17-31)29-41(37)45(39)35-20-11-4-12-21-35/h1-29H. The molecule has 0 amide bonds. The van der Waals surface area contributed by atoms with E-state index in [1.54, 1.807) is 0 Å². The van der Waals surface area contributed by atoms with Crippen molar-refractivity contribution in [1.82, 2.24) is 0 Å². The Hall–Kier alpha value is -5.80. The maximum Gasteiger partial charge on any atom is 0.252 e. The summed E-state index contributed by atoms with van der Waals surface area (Å²) in [6, 6.07) is 63.9. The van der Waals surface area contributed by atoms with Gasteiger partial charge in [0.15, 0.2) is 0 Å². The van der Waals surface area contributed by atoms with Crippen molar-refractivity contribution in [2.75, 3.05) is 9.80 Å². The van der Waals surface area contributed by atoms with Crippen LogP contribution in [0, 0.1) is 0 Å². The van der Waals surface area contributed by atoms with E-state index in [-0.39, 0.29) is 6.71 Å². The van der Waals surface area contributed by atoms with Gasteiger partial charge in [-0.15, -0.1) is 0 Å². The molecule has 2 nitrogen and oxygen atoms in total. The van der Waals surface area contributed by atoms with Crippen LogP contribution in [0.4, 0.5) is 34.1 Å². The van der Waals surface area contributed by atoms with E-state index >= 15 is 0 Å². The van der Waals surface area contributed by atoms with Crippen molar-refractivity contribution in [2.45, 2.75) is 0 Å². The minimum atomic E-state index is 0.0933. The second-order valence-electron chi connectivity index (χ2n) is 11.8. The molecule has 0 N–H and O–H groups in total. The molecule has 2 aliphatic rings. The van der Waals surface area contributed by atoms with Gasteiger partial charge in [-0.2, -0.15) is 0 Å². The first-order valence-corrected chi connectivity index (χ1v) is 15.6. The Balaban J connectivity index is 1.34. The molecule has 210 valence electrons. The molecule has 9 rings (SSSR count). The molecule has 45 heavy (non-hydrogen) atoms. The molecular formula is C42H29BN2. The molecule has 3 heteroatoms. The first-order valence-electron chi connectivity index (χ1n) is 15.6. The zero-order valence-electron chi connectivity index (χ0n) is 24.7. The molecule has 0 unspecified atom stereocenters. The second kappa shape index (κ2) is 10.4. The highest BCUT2D eigenvalue weighted by Crippen LogP contribution is 2.45. The number of nitrogens with zero attached hydrogens (tertiary/aromatic N) is 2. The van der Waals surface area contributed by atoms with Crippen LogP contribution in [0.1, 0.15) is 0 Å². The van der Waals surface area contributed by atoms with Crippen molar-refractivity contribution in [3.63, 3.8) is 0 Å². The van der Waals surface area contributed by atoms with E-state index in [0.29, 0.717) is 0 Å². The third kappa shape index (κ3) is 4.12. The summed E-state index contributed by atoms with van der Waals surface area (Å²) in [4.78, 5) is 4.92. The number of rotatable bonds is 4. The molecule has 0 saturated carbocycles. The fourth-order valence-corrected chi connectivity index (χ4v) is 7.26. The predicted molar refractivity (Wildman–Crippen MR) is 191 cm³/mol. The predicted octanol–water partition coefficient (Wildman–Crippen LogP) is 9.10.